The number of fused-ring (bicyclic) bond motifs is 1. The van der Waals surface area contributed by atoms with Crippen LogP contribution in [-0.2, 0) is 11.3 Å². The molecule has 1 aromatic carbocycles. The predicted molar refractivity (Wildman–Crippen MR) is 91.9 cm³/mol. The minimum absolute atomic E-state index is 0.164. The summed E-state index contributed by atoms with van der Waals surface area (Å²) in [5.74, 6) is -0.387. The Morgan fingerprint density at radius 1 is 1.21 bits per heavy atom. The second-order valence-corrected chi connectivity index (χ2v) is 5.49. The second kappa shape index (κ2) is 6.16. The highest BCUT2D eigenvalue weighted by Crippen LogP contribution is 2.16. The fourth-order valence-corrected chi connectivity index (χ4v) is 2.67. The lowest BCUT2D eigenvalue weighted by Crippen LogP contribution is -2.23. The summed E-state index contributed by atoms with van der Waals surface area (Å²) in [5, 5.41) is 0. The number of esters is 1. The Morgan fingerprint density at radius 2 is 1.92 bits per heavy atom. The molecule has 6 heteroatoms. The van der Waals surface area contributed by atoms with Gasteiger partial charge in [0.2, 0.25) is 0 Å². The van der Waals surface area contributed by atoms with Crippen LogP contribution in [0.5, 0.6) is 0 Å². The van der Waals surface area contributed by atoms with Crippen LogP contribution in [0.15, 0.2) is 54.1 Å². The zero-order valence-corrected chi connectivity index (χ0v) is 13.5. The number of pyridine rings is 1. The summed E-state index contributed by atoms with van der Waals surface area (Å²) in [7, 11) is 1.34. The highest BCUT2D eigenvalue weighted by molar-refractivity contribution is 5.89. The molecule has 0 bridgehead atoms. The fraction of sp³-hybridized carbons (Fsp3) is 0.167. The lowest BCUT2D eigenvalue weighted by atomic mass is 10.1. The van der Waals surface area contributed by atoms with Gasteiger partial charge in [0, 0.05) is 11.9 Å². The average Bonchev–Trinajstić information content (AvgIpc) is 2.87. The number of benzene rings is 1. The Balaban J connectivity index is 2.05. The van der Waals surface area contributed by atoms with Gasteiger partial charge in [0.05, 0.1) is 36.4 Å². The first-order chi connectivity index (χ1) is 11.5. The van der Waals surface area contributed by atoms with Gasteiger partial charge >= 0.3 is 11.7 Å². The Hall–Kier alpha value is -3.15. The molecule has 0 spiro atoms. The number of aromatic nitrogens is 3. The van der Waals surface area contributed by atoms with Crippen LogP contribution in [0, 0.1) is 0 Å². The first kappa shape index (κ1) is 15.7. The third-order valence-electron chi connectivity index (χ3n) is 3.83. The number of carbonyl (C=O) groups is 1. The highest BCUT2D eigenvalue weighted by atomic mass is 16.5. The van der Waals surface area contributed by atoms with Gasteiger partial charge in [-0.25, -0.2) is 9.59 Å². The number of ether oxygens (including phenoxy) is 1. The Bertz CT molecular complexity index is 981. The van der Waals surface area contributed by atoms with Crippen molar-refractivity contribution in [2.24, 2.45) is 0 Å². The van der Waals surface area contributed by atoms with E-state index < -0.39 is 0 Å². The van der Waals surface area contributed by atoms with Gasteiger partial charge in [-0.05, 0) is 30.7 Å². The molecule has 0 atom stereocenters. The monoisotopic (exact) mass is 323 g/mol. The van der Waals surface area contributed by atoms with Crippen molar-refractivity contribution in [2.45, 2.75) is 13.5 Å². The van der Waals surface area contributed by atoms with Gasteiger partial charge in [-0.2, -0.15) is 0 Å². The molecule has 2 heterocycles. The Morgan fingerprint density at radius 3 is 2.54 bits per heavy atom. The van der Waals surface area contributed by atoms with Gasteiger partial charge in [-0.15, -0.1) is 0 Å². The van der Waals surface area contributed by atoms with Crippen molar-refractivity contribution in [3.8, 4) is 0 Å². The zero-order valence-electron chi connectivity index (χ0n) is 13.5. The maximum atomic E-state index is 12.7. The van der Waals surface area contributed by atoms with E-state index in [1.165, 1.54) is 7.11 Å². The number of hydrogen-bond acceptors (Lipinski definition) is 4. The Labute approximate surface area is 138 Å². The number of rotatable bonds is 4. The smallest absolute Gasteiger partial charge is 0.337 e. The van der Waals surface area contributed by atoms with E-state index in [2.05, 4.69) is 16.3 Å². The number of methoxy groups -OCH3 is 1. The molecule has 0 fully saturated rings. The van der Waals surface area contributed by atoms with Gasteiger partial charge in [-0.1, -0.05) is 18.7 Å². The van der Waals surface area contributed by atoms with Crippen molar-refractivity contribution < 1.29 is 9.53 Å². The number of hydrogen-bond donors (Lipinski definition) is 0. The van der Waals surface area contributed by atoms with E-state index in [-0.39, 0.29) is 11.7 Å². The minimum Gasteiger partial charge on any atom is -0.465 e. The quantitative estimate of drug-likeness (QED) is 0.692. The molecule has 6 nitrogen and oxygen atoms in total. The Kier molecular flexibility index (Phi) is 4.04. The van der Waals surface area contributed by atoms with E-state index in [0.717, 1.165) is 16.6 Å². The van der Waals surface area contributed by atoms with Crippen molar-refractivity contribution >= 4 is 22.7 Å². The lowest BCUT2D eigenvalue weighted by Gasteiger charge is -2.05. The van der Waals surface area contributed by atoms with Gasteiger partial charge in [-0.3, -0.25) is 14.1 Å². The molecule has 0 saturated heterocycles. The third kappa shape index (κ3) is 2.62. The van der Waals surface area contributed by atoms with Crippen LogP contribution in [-0.4, -0.2) is 27.2 Å². The van der Waals surface area contributed by atoms with Crippen LogP contribution in [0.1, 0.15) is 22.8 Å². The maximum absolute atomic E-state index is 12.7. The van der Waals surface area contributed by atoms with E-state index in [1.54, 1.807) is 58.8 Å². The molecule has 0 radical (unpaired) electrons. The standard InChI is InChI=1S/C18H17N3O3/c1-12(2)21-15-8-9-19-10-16(15)20(18(21)23)11-13-4-6-14(7-5-13)17(22)24-3/h4-10H,1,11H2,2-3H3. The van der Waals surface area contributed by atoms with Crippen molar-refractivity contribution in [1.82, 2.24) is 14.1 Å². The molecular weight excluding hydrogens is 306 g/mol. The molecule has 2 aromatic heterocycles. The number of imidazole rings is 1. The molecular formula is C18H17N3O3. The SMILES string of the molecule is C=C(C)n1c(=O)n(Cc2ccc(C(=O)OC)cc2)c2cnccc21. The molecule has 3 aromatic rings. The summed E-state index contributed by atoms with van der Waals surface area (Å²) < 4.78 is 7.90. The maximum Gasteiger partial charge on any atom is 0.337 e. The van der Waals surface area contributed by atoms with E-state index >= 15 is 0 Å². The summed E-state index contributed by atoms with van der Waals surface area (Å²) in [5.41, 5.74) is 3.36. The first-order valence-electron chi connectivity index (χ1n) is 7.41. The normalized spacial score (nSPS) is 10.8. The number of carbonyl (C=O) groups excluding carboxylic acids is 1. The molecule has 0 aliphatic heterocycles. The van der Waals surface area contributed by atoms with E-state index in [1.807, 2.05) is 0 Å². The van der Waals surface area contributed by atoms with Crippen molar-refractivity contribution in [3.05, 3.63) is 70.9 Å². The average molecular weight is 323 g/mol. The van der Waals surface area contributed by atoms with Crippen LogP contribution in [0.25, 0.3) is 16.7 Å². The van der Waals surface area contributed by atoms with E-state index in [0.29, 0.717) is 17.8 Å². The summed E-state index contributed by atoms with van der Waals surface area (Å²) in [6.45, 7) is 6.04. The van der Waals surface area contributed by atoms with Crippen LogP contribution < -0.4 is 5.69 Å². The van der Waals surface area contributed by atoms with Crippen molar-refractivity contribution in [3.63, 3.8) is 0 Å². The molecule has 24 heavy (non-hydrogen) atoms. The summed E-state index contributed by atoms with van der Waals surface area (Å²) in [6.07, 6.45) is 3.32. The van der Waals surface area contributed by atoms with Gasteiger partial charge in [0.25, 0.3) is 0 Å². The zero-order chi connectivity index (χ0) is 17.3. The minimum atomic E-state index is -0.387. The van der Waals surface area contributed by atoms with Gasteiger partial charge < -0.3 is 4.74 Å². The third-order valence-corrected chi connectivity index (χ3v) is 3.83. The largest absolute Gasteiger partial charge is 0.465 e. The van der Waals surface area contributed by atoms with Crippen LogP contribution in [0.3, 0.4) is 0 Å². The topological polar surface area (TPSA) is 66.1 Å². The summed E-state index contributed by atoms with van der Waals surface area (Å²) in [6, 6.07) is 8.77. The van der Waals surface area contributed by atoms with Gasteiger partial charge in [0.1, 0.15) is 0 Å². The van der Waals surface area contributed by atoms with Crippen LogP contribution >= 0.6 is 0 Å². The van der Waals surface area contributed by atoms with E-state index in [4.69, 9.17) is 0 Å². The predicted octanol–water partition coefficient (Wildman–Crippen LogP) is 2.52. The molecule has 0 saturated carbocycles. The number of allylic oxidation sites excluding steroid dienone is 1. The molecule has 0 amide bonds. The molecule has 0 aliphatic carbocycles. The fourth-order valence-electron chi connectivity index (χ4n) is 2.67. The van der Waals surface area contributed by atoms with E-state index in [9.17, 15) is 9.59 Å². The number of nitrogens with zero attached hydrogens (tertiary/aromatic N) is 3. The molecule has 3 rings (SSSR count). The lowest BCUT2D eigenvalue weighted by molar-refractivity contribution is 0.0600. The van der Waals surface area contributed by atoms with Crippen LogP contribution in [0.2, 0.25) is 0 Å². The van der Waals surface area contributed by atoms with Crippen LogP contribution in [0.4, 0.5) is 0 Å². The van der Waals surface area contributed by atoms with Crippen molar-refractivity contribution in [1.29, 1.82) is 0 Å². The molecule has 122 valence electrons. The first-order valence-corrected chi connectivity index (χ1v) is 7.41. The molecule has 0 aliphatic rings. The summed E-state index contributed by atoms with van der Waals surface area (Å²) in [4.78, 5) is 28.3. The summed E-state index contributed by atoms with van der Waals surface area (Å²) >= 11 is 0. The molecule has 0 N–H and O–H groups in total. The van der Waals surface area contributed by atoms with Crippen molar-refractivity contribution in [2.75, 3.05) is 7.11 Å². The second-order valence-electron chi connectivity index (χ2n) is 5.49. The van der Waals surface area contributed by atoms with Gasteiger partial charge in [0.15, 0.2) is 0 Å². The molecule has 0 unspecified atom stereocenters. The highest BCUT2D eigenvalue weighted by Gasteiger charge is 2.14.